The van der Waals surface area contributed by atoms with Gasteiger partial charge in [0.1, 0.15) is 17.4 Å². The largest absolute Gasteiger partial charge is 0.497 e. The number of fused-ring (bicyclic) bond motifs is 1. The number of nitrogens with zero attached hydrogens (tertiary/aromatic N) is 1. The fraction of sp³-hybridized carbons (Fsp3) is 0.625. The van der Waals surface area contributed by atoms with E-state index in [9.17, 15) is 19.5 Å². The van der Waals surface area contributed by atoms with Gasteiger partial charge in [0.2, 0.25) is 17.7 Å². The number of rotatable bonds is 8. The van der Waals surface area contributed by atoms with Crippen LogP contribution in [0.2, 0.25) is 0 Å². The molecule has 6 atom stereocenters. The lowest BCUT2D eigenvalue weighted by Crippen LogP contribution is -2.56. The molecule has 3 fully saturated rings. The van der Waals surface area contributed by atoms with Crippen LogP contribution in [-0.2, 0) is 19.1 Å². The number of carbonyl (C=O) groups excluding carboxylic acids is 3. The number of ether oxygens (including phenoxy) is 2. The van der Waals surface area contributed by atoms with Gasteiger partial charge in [-0.2, -0.15) is 0 Å². The topological polar surface area (TPSA) is 117 Å². The molecule has 0 saturated carbocycles. The van der Waals surface area contributed by atoms with Gasteiger partial charge in [-0.3, -0.25) is 14.4 Å². The van der Waals surface area contributed by atoms with Crippen molar-refractivity contribution in [1.82, 2.24) is 10.2 Å². The Morgan fingerprint density at radius 2 is 1.97 bits per heavy atom. The first kappa shape index (κ1) is 23.5. The minimum Gasteiger partial charge on any atom is -0.497 e. The zero-order valence-electron chi connectivity index (χ0n) is 19.5. The van der Waals surface area contributed by atoms with Gasteiger partial charge in [-0.15, -0.1) is 0 Å². The molecule has 1 aromatic rings. The molecule has 3 N–H and O–H groups in total. The van der Waals surface area contributed by atoms with Crippen molar-refractivity contribution in [3.05, 3.63) is 24.3 Å². The highest BCUT2D eigenvalue weighted by atomic mass is 16.5. The van der Waals surface area contributed by atoms with Crippen LogP contribution in [0.4, 0.5) is 5.69 Å². The number of hydrogen-bond donors (Lipinski definition) is 3. The van der Waals surface area contributed by atoms with E-state index in [4.69, 9.17) is 9.47 Å². The number of carbonyl (C=O) groups is 3. The molecule has 0 radical (unpaired) electrons. The lowest BCUT2D eigenvalue weighted by Gasteiger charge is -2.37. The molecular formula is C24H33N3O6. The summed E-state index contributed by atoms with van der Waals surface area (Å²) < 4.78 is 11.5. The van der Waals surface area contributed by atoms with Crippen molar-refractivity contribution in [1.29, 1.82) is 0 Å². The van der Waals surface area contributed by atoms with Crippen LogP contribution in [0.15, 0.2) is 24.3 Å². The molecule has 180 valence electrons. The number of likely N-dealkylation sites (tertiary alicyclic amines) is 1. The highest BCUT2D eigenvalue weighted by Crippen LogP contribution is 2.59. The van der Waals surface area contributed by atoms with Crippen molar-refractivity contribution >= 4 is 23.4 Å². The molecule has 3 aliphatic rings. The lowest BCUT2D eigenvalue weighted by atomic mass is 9.70. The van der Waals surface area contributed by atoms with E-state index in [1.54, 1.807) is 38.4 Å². The number of aliphatic hydroxyl groups is 1. The fourth-order valence-electron chi connectivity index (χ4n) is 5.96. The molecule has 2 unspecified atom stereocenters. The van der Waals surface area contributed by atoms with E-state index < -0.39 is 35.6 Å². The van der Waals surface area contributed by atoms with E-state index in [-0.39, 0.29) is 30.2 Å². The third kappa shape index (κ3) is 3.77. The Hall–Kier alpha value is -2.65. The number of hydrogen-bond acceptors (Lipinski definition) is 6. The molecule has 0 aromatic heterocycles. The fourth-order valence-corrected chi connectivity index (χ4v) is 5.96. The van der Waals surface area contributed by atoms with Crippen LogP contribution in [0.3, 0.4) is 0 Å². The summed E-state index contributed by atoms with van der Waals surface area (Å²) in [6.45, 7) is 3.74. The Bertz CT molecular complexity index is 919. The standard InChI is InChI=1S/C24H33N3O6/c1-13(2)11-15(12-28)27-20(22(30)26-14-5-7-16(32-4)8-6-14)24-10-9-17(33-24)18(21(29)25-3)19(24)23(27)31/h5-8,13,15,17-20,28H,9-12H2,1-4H3,(H,25,29)(H,26,30)/t15-,17-,18+,19+,20?,24?/m1/s1. The third-order valence-corrected chi connectivity index (χ3v) is 7.24. The van der Waals surface area contributed by atoms with Crippen LogP contribution in [0.25, 0.3) is 0 Å². The predicted octanol–water partition coefficient (Wildman–Crippen LogP) is 1.16. The Kier molecular flexibility index (Phi) is 6.37. The van der Waals surface area contributed by atoms with E-state index in [1.165, 1.54) is 4.90 Å². The van der Waals surface area contributed by atoms with E-state index in [0.29, 0.717) is 30.7 Å². The van der Waals surface area contributed by atoms with E-state index in [0.717, 1.165) is 0 Å². The van der Waals surface area contributed by atoms with Crippen molar-refractivity contribution in [2.45, 2.75) is 56.9 Å². The summed E-state index contributed by atoms with van der Waals surface area (Å²) in [5, 5.41) is 15.8. The monoisotopic (exact) mass is 459 g/mol. The zero-order chi connectivity index (χ0) is 23.9. The molecule has 0 aliphatic carbocycles. The molecule has 3 aliphatic heterocycles. The lowest BCUT2D eigenvalue weighted by molar-refractivity contribution is -0.144. The molecule has 3 heterocycles. The van der Waals surface area contributed by atoms with Gasteiger partial charge in [0.15, 0.2) is 0 Å². The number of benzene rings is 1. The highest BCUT2D eigenvalue weighted by Gasteiger charge is 2.75. The minimum atomic E-state index is -1.08. The van der Waals surface area contributed by atoms with Crippen molar-refractivity contribution in [3.8, 4) is 5.75 Å². The van der Waals surface area contributed by atoms with Gasteiger partial charge in [-0.05, 0) is 49.4 Å². The molecule has 3 saturated heterocycles. The summed E-state index contributed by atoms with van der Waals surface area (Å²) in [5.41, 5.74) is -0.521. The van der Waals surface area contributed by atoms with Crippen LogP contribution in [0, 0.1) is 17.8 Å². The summed E-state index contributed by atoms with van der Waals surface area (Å²) in [6, 6.07) is 5.45. The number of methoxy groups -OCH3 is 1. The maximum atomic E-state index is 13.8. The maximum absolute atomic E-state index is 13.8. The van der Waals surface area contributed by atoms with E-state index in [2.05, 4.69) is 10.6 Å². The van der Waals surface area contributed by atoms with Crippen LogP contribution in [-0.4, -0.2) is 72.3 Å². The molecule has 33 heavy (non-hydrogen) atoms. The molecular weight excluding hydrogens is 426 g/mol. The second-order valence-corrected chi connectivity index (χ2v) is 9.60. The Morgan fingerprint density at radius 3 is 2.55 bits per heavy atom. The first-order valence-electron chi connectivity index (χ1n) is 11.5. The third-order valence-electron chi connectivity index (χ3n) is 7.24. The average molecular weight is 460 g/mol. The number of aliphatic hydroxyl groups excluding tert-OH is 1. The zero-order valence-corrected chi connectivity index (χ0v) is 19.5. The SMILES string of the molecule is CNC(=O)[C@@H]1[C@H]2C(=O)N([C@@H](CO)CC(C)C)C(C(=O)Nc3ccc(OC)cc3)C23CC[C@H]1O3. The first-order chi connectivity index (χ1) is 15.8. The second-order valence-electron chi connectivity index (χ2n) is 9.60. The van der Waals surface area contributed by atoms with Gasteiger partial charge in [0.25, 0.3) is 0 Å². The number of nitrogens with one attached hydrogen (secondary N) is 2. The normalized spacial score (nSPS) is 31.0. The van der Waals surface area contributed by atoms with Crippen LogP contribution < -0.4 is 15.4 Å². The van der Waals surface area contributed by atoms with E-state index >= 15 is 0 Å². The van der Waals surface area contributed by atoms with E-state index in [1.807, 2.05) is 13.8 Å². The first-order valence-corrected chi connectivity index (χ1v) is 11.5. The predicted molar refractivity (Wildman–Crippen MR) is 120 cm³/mol. The van der Waals surface area contributed by atoms with Gasteiger partial charge in [-0.1, -0.05) is 13.8 Å². The number of amides is 3. The van der Waals surface area contributed by atoms with Gasteiger partial charge < -0.3 is 30.1 Å². The van der Waals surface area contributed by atoms with Crippen molar-refractivity contribution in [3.63, 3.8) is 0 Å². The van der Waals surface area contributed by atoms with Crippen molar-refractivity contribution in [2.75, 3.05) is 26.1 Å². The van der Waals surface area contributed by atoms with Gasteiger partial charge in [-0.25, -0.2) is 0 Å². The Morgan fingerprint density at radius 1 is 1.27 bits per heavy atom. The molecule has 9 heteroatoms. The van der Waals surface area contributed by atoms with Gasteiger partial charge in [0, 0.05) is 12.7 Å². The van der Waals surface area contributed by atoms with Crippen molar-refractivity contribution < 1.29 is 29.0 Å². The maximum Gasteiger partial charge on any atom is 0.250 e. The van der Waals surface area contributed by atoms with Gasteiger partial charge >= 0.3 is 0 Å². The molecule has 3 amide bonds. The summed E-state index contributed by atoms with van der Waals surface area (Å²) >= 11 is 0. The summed E-state index contributed by atoms with van der Waals surface area (Å²) in [5.74, 6) is -1.45. The number of anilines is 1. The highest BCUT2D eigenvalue weighted by molar-refractivity contribution is 6.03. The molecule has 2 bridgehead atoms. The average Bonchev–Trinajstić information content (AvgIpc) is 3.44. The van der Waals surface area contributed by atoms with Crippen LogP contribution in [0.5, 0.6) is 5.75 Å². The van der Waals surface area contributed by atoms with Crippen LogP contribution in [0.1, 0.15) is 33.1 Å². The Balaban J connectivity index is 1.72. The smallest absolute Gasteiger partial charge is 0.250 e. The minimum absolute atomic E-state index is 0.199. The van der Waals surface area contributed by atoms with Crippen LogP contribution >= 0.6 is 0 Å². The molecule has 1 aromatic carbocycles. The molecule has 9 nitrogen and oxygen atoms in total. The summed E-state index contributed by atoms with van der Waals surface area (Å²) in [6.07, 6.45) is 1.26. The molecule has 1 spiro atoms. The Labute approximate surface area is 193 Å². The quantitative estimate of drug-likeness (QED) is 0.537. The van der Waals surface area contributed by atoms with Gasteiger partial charge in [0.05, 0.1) is 37.7 Å². The summed E-state index contributed by atoms with van der Waals surface area (Å²) in [7, 11) is 3.11. The molecule has 4 rings (SSSR count). The van der Waals surface area contributed by atoms with Crippen molar-refractivity contribution in [2.24, 2.45) is 17.8 Å². The second kappa shape index (κ2) is 8.95. The summed E-state index contributed by atoms with van der Waals surface area (Å²) in [4.78, 5) is 41.7.